The lowest BCUT2D eigenvalue weighted by atomic mass is 9.80. The average Bonchev–Trinajstić information content (AvgIpc) is 1.59. The Bertz CT molecular complexity index is 3950. The summed E-state index contributed by atoms with van der Waals surface area (Å²) in [4.78, 5) is 82.1. The molecule has 24 nitrogen and oxygen atoms in total. The lowest BCUT2D eigenvalue weighted by Gasteiger charge is -2.41. The number of carbonyl (C=O) groups is 2. The highest BCUT2D eigenvalue weighted by Crippen LogP contribution is 2.53. The molecule has 2 amide bonds. The van der Waals surface area contributed by atoms with Crippen LogP contribution in [0.15, 0.2) is 164 Å². The SMILES string of the molecule is COc1ccc(C(OC[C@H]2O[C@@H](n3cnc4c(=O)[nH]c(NC(=O)C(C)C)nc43)[C@H](OP([O-])OC[C@@]34CO[C@@H]([C@H](n5cnc6c(NC(=O)c7ccccc7)ncnc65)O3)[C@@H]4O[Si](C)(C)C(C)(C)C)[C@H]2F)(c2ccccc2)c2ccc(OC)cc2)cc1.c1cc[nH+]cc1. The Morgan fingerprint density at radius 2 is 1.42 bits per heavy atom. The first-order valence-electron chi connectivity index (χ1n) is 29.5. The molecule has 91 heavy (non-hydrogen) atoms. The zero-order valence-electron chi connectivity index (χ0n) is 51.5. The summed E-state index contributed by atoms with van der Waals surface area (Å²) in [6.45, 7) is 12.9. The summed E-state index contributed by atoms with van der Waals surface area (Å²) < 4.78 is 78.7. The number of imidazole rings is 2. The predicted octanol–water partition coefficient (Wildman–Crippen LogP) is 8.61. The minimum absolute atomic E-state index is 0.0561. The van der Waals surface area contributed by atoms with Crippen molar-refractivity contribution in [3.05, 3.63) is 191 Å². The van der Waals surface area contributed by atoms with Crippen molar-refractivity contribution in [2.45, 2.75) is 107 Å². The predicted molar refractivity (Wildman–Crippen MR) is 334 cm³/mol. The van der Waals surface area contributed by atoms with Crippen molar-refractivity contribution in [3.8, 4) is 11.5 Å². The Morgan fingerprint density at radius 3 is 2.01 bits per heavy atom. The van der Waals surface area contributed by atoms with Crippen LogP contribution in [0.25, 0.3) is 22.3 Å². The molecule has 4 N–H and O–H groups in total. The van der Waals surface area contributed by atoms with E-state index in [-0.39, 0.29) is 40.1 Å². The second-order valence-electron chi connectivity index (χ2n) is 23.9. The van der Waals surface area contributed by atoms with Gasteiger partial charge >= 0.3 is 0 Å². The molecule has 476 valence electrons. The summed E-state index contributed by atoms with van der Waals surface area (Å²) in [5.74, 6) is -0.142. The molecule has 3 saturated heterocycles. The van der Waals surface area contributed by atoms with Gasteiger partial charge in [0.15, 0.2) is 67.5 Å². The smallest absolute Gasteiger partial charge is 0.280 e. The molecule has 8 heterocycles. The van der Waals surface area contributed by atoms with Gasteiger partial charge in [0.05, 0.1) is 55.3 Å². The molecule has 2 bridgehead atoms. The van der Waals surface area contributed by atoms with E-state index in [2.05, 4.69) is 79.4 Å². The number of benzene rings is 4. The number of hydrogen-bond acceptors (Lipinski definition) is 18. The largest absolute Gasteiger partial charge is 0.786 e. The van der Waals surface area contributed by atoms with E-state index in [1.165, 1.54) is 23.5 Å². The number of aromatic amines is 2. The van der Waals surface area contributed by atoms with E-state index in [4.69, 9.17) is 41.9 Å². The van der Waals surface area contributed by atoms with Crippen LogP contribution >= 0.6 is 8.60 Å². The van der Waals surface area contributed by atoms with E-state index in [1.54, 1.807) is 81.2 Å². The first-order valence-corrected chi connectivity index (χ1v) is 33.5. The number of amides is 2. The quantitative estimate of drug-likeness (QED) is 0.0345. The second-order valence-corrected chi connectivity index (χ2v) is 29.5. The molecule has 12 rings (SSSR count). The highest BCUT2D eigenvalue weighted by Gasteiger charge is 2.65. The van der Waals surface area contributed by atoms with E-state index in [0.29, 0.717) is 39.4 Å². The number of rotatable bonds is 21. The number of alkyl halides is 1. The van der Waals surface area contributed by atoms with Gasteiger partial charge in [0.2, 0.25) is 11.9 Å². The number of carbonyl (C=O) groups excluding carboxylic acids is 2. The number of aromatic nitrogens is 9. The Hall–Kier alpha value is -8.27. The standard InChI is InChI=1S/C59H65FN10O13PSi.C5H5N/c1-34(2)51(71)67-56-66-50-44(53(73)68-56)64-33-70(50)54-45(42(60)41(80-54)28-78-59(36-18-14-11-15-19-36,37-20-24-39(75-6)25-21-37)38-22-26-40(76-7)27-23-38)82-84(74)79-30-58-29-77-46(47(58)83-85(8,9)57(3,4)5)55(81-58)69-32-63-43-48(61-31-62-49(43)69)65-52(72)35-16-12-10-13-17-35;1-2-4-6-5-3-1/h10-27,31-34,41-42,45-47,54-55H,28-30H2,1-9H3,(H,61,62,65,72)(H2,66,67,68,71,73);1-5H/q-1;/p+1/t41-,42+,45-,46-,47+,54-,55-,58-,84?;/m1./s1. The van der Waals surface area contributed by atoms with E-state index in [9.17, 15) is 19.3 Å². The van der Waals surface area contributed by atoms with Crippen molar-refractivity contribution < 1.29 is 65.8 Å². The fourth-order valence-electron chi connectivity index (χ4n) is 10.8. The van der Waals surface area contributed by atoms with Crippen LogP contribution < -0.4 is 35.5 Å². The van der Waals surface area contributed by atoms with Crippen LogP contribution in [0.2, 0.25) is 18.1 Å². The number of hydrogen-bond donors (Lipinski definition) is 3. The third-order valence-corrected chi connectivity index (χ3v) is 21.9. The van der Waals surface area contributed by atoms with E-state index < -0.39 is 108 Å². The zero-order chi connectivity index (χ0) is 64.2. The molecule has 0 saturated carbocycles. The molecule has 4 aromatic carbocycles. The fraction of sp³-hybridized carbons (Fsp3) is 0.359. The zero-order valence-corrected chi connectivity index (χ0v) is 53.4. The third kappa shape index (κ3) is 13.2. The van der Waals surface area contributed by atoms with Crippen LogP contribution in [0.3, 0.4) is 0 Å². The Morgan fingerprint density at radius 1 is 0.813 bits per heavy atom. The topological polar surface area (TPSA) is 286 Å². The van der Waals surface area contributed by atoms with Crippen molar-refractivity contribution in [1.29, 1.82) is 0 Å². The molecule has 27 heteroatoms. The molecule has 0 radical (unpaired) electrons. The first-order chi connectivity index (χ1) is 43.7. The average molecular weight is 1280 g/mol. The van der Waals surface area contributed by atoms with Gasteiger partial charge in [-0.1, -0.05) is 113 Å². The van der Waals surface area contributed by atoms with Gasteiger partial charge in [-0.05, 0) is 71.2 Å². The summed E-state index contributed by atoms with van der Waals surface area (Å²) in [6, 6.07) is 38.6. The van der Waals surface area contributed by atoms with Gasteiger partial charge < -0.3 is 52.1 Å². The van der Waals surface area contributed by atoms with Gasteiger partial charge in [0.1, 0.15) is 53.4 Å². The van der Waals surface area contributed by atoms with Crippen molar-refractivity contribution in [2.24, 2.45) is 5.92 Å². The summed E-state index contributed by atoms with van der Waals surface area (Å²) in [5, 5.41) is 5.16. The molecule has 3 fully saturated rings. The van der Waals surface area contributed by atoms with Crippen molar-refractivity contribution in [2.75, 3.05) is 44.7 Å². The number of H-pyrrole nitrogens is 2. The Balaban J connectivity index is 0.00000134. The van der Waals surface area contributed by atoms with E-state index in [0.717, 1.165) is 0 Å². The van der Waals surface area contributed by atoms with Gasteiger partial charge in [-0.3, -0.25) is 33.8 Å². The first kappa shape index (κ1) is 64.3. The molecule has 9 atom stereocenters. The molecule has 0 aliphatic carbocycles. The number of pyridine rings is 1. The number of methoxy groups -OCH3 is 2. The van der Waals surface area contributed by atoms with E-state index in [1.807, 2.05) is 91.3 Å². The lowest BCUT2D eigenvalue weighted by Crippen LogP contribution is -2.53. The van der Waals surface area contributed by atoms with Gasteiger partial charge in [-0.25, -0.2) is 29.3 Å². The number of halogens is 1. The van der Waals surface area contributed by atoms with Crippen LogP contribution in [0, 0.1) is 5.92 Å². The number of anilines is 2. The highest BCUT2D eigenvalue weighted by atomic mass is 31.2. The molecular formula is C64H71FN11O13PSi. The number of nitrogens with zero attached hydrogens (tertiary/aromatic N) is 7. The summed E-state index contributed by atoms with van der Waals surface area (Å²) in [6.07, 6.45) is -1.53. The van der Waals surface area contributed by atoms with Crippen LogP contribution in [-0.2, 0) is 42.8 Å². The summed E-state index contributed by atoms with van der Waals surface area (Å²) in [7, 11) is -2.78. The van der Waals surface area contributed by atoms with E-state index >= 15 is 4.39 Å². The van der Waals surface area contributed by atoms with Crippen LogP contribution in [0.1, 0.15) is 74.1 Å². The van der Waals surface area contributed by atoms with Gasteiger partial charge in [-0.2, -0.15) is 4.98 Å². The minimum Gasteiger partial charge on any atom is -0.786 e. The lowest BCUT2D eigenvalue weighted by molar-refractivity contribution is -0.378. The normalized spacial score (nSPS) is 21.8. The number of fused-ring (bicyclic) bond motifs is 4. The molecule has 3 aliphatic heterocycles. The van der Waals surface area contributed by atoms with Crippen molar-refractivity contribution in [3.63, 3.8) is 0 Å². The maximum Gasteiger partial charge on any atom is 0.280 e. The van der Waals surface area contributed by atoms with Crippen molar-refractivity contribution in [1.82, 2.24) is 39.0 Å². The molecule has 5 aromatic heterocycles. The maximum atomic E-state index is 18.0. The molecular weight excluding hydrogens is 1210 g/mol. The highest BCUT2D eigenvalue weighted by molar-refractivity contribution is 7.39. The van der Waals surface area contributed by atoms with Gasteiger partial charge in [0.25, 0.3) is 11.5 Å². The van der Waals surface area contributed by atoms with Crippen LogP contribution in [-0.4, -0.2) is 129 Å². The Labute approximate surface area is 525 Å². The molecule has 9 aromatic rings. The minimum atomic E-state index is -3.27. The van der Waals surface area contributed by atoms with Crippen LogP contribution in [0.4, 0.5) is 16.2 Å². The fourth-order valence-corrected chi connectivity index (χ4v) is 12.9. The van der Waals surface area contributed by atoms with Crippen LogP contribution in [0.5, 0.6) is 11.5 Å². The second kappa shape index (κ2) is 26.9. The number of ether oxygens (including phenoxy) is 6. The molecule has 1 unspecified atom stereocenters. The summed E-state index contributed by atoms with van der Waals surface area (Å²) in [5.41, 5.74) is -0.762. The monoisotopic (exact) mass is 1280 g/mol. The maximum absolute atomic E-state index is 18.0. The Kier molecular flexibility index (Phi) is 19.0. The van der Waals surface area contributed by atoms with Crippen molar-refractivity contribution >= 4 is 62.8 Å². The van der Waals surface area contributed by atoms with Gasteiger partial charge in [0, 0.05) is 23.6 Å². The third-order valence-electron chi connectivity index (χ3n) is 16.7. The summed E-state index contributed by atoms with van der Waals surface area (Å²) >= 11 is 0. The molecule has 3 aliphatic rings. The molecule has 0 spiro atoms. The van der Waals surface area contributed by atoms with Gasteiger partial charge in [-0.15, -0.1) is 0 Å². The number of nitrogens with one attached hydrogen (secondary N) is 4.